The molecule has 0 fully saturated rings. The zero-order valence-electron chi connectivity index (χ0n) is 12.5. The maximum atomic E-state index is 12.2. The molecule has 0 aliphatic heterocycles. The molecule has 1 aromatic rings. The van der Waals surface area contributed by atoms with Crippen LogP contribution in [0.5, 0.6) is 0 Å². The molecule has 0 saturated carbocycles. The lowest BCUT2D eigenvalue weighted by Gasteiger charge is -2.19. The Morgan fingerprint density at radius 1 is 1.40 bits per heavy atom. The van der Waals surface area contributed by atoms with E-state index in [0.717, 1.165) is 5.69 Å². The molecule has 0 aliphatic rings. The van der Waals surface area contributed by atoms with Crippen molar-refractivity contribution in [3.8, 4) is 0 Å². The first-order chi connectivity index (χ1) is 9.44. The maximum Gasteiger partial charge on any atom is 0.348 e. The van der Waals surface area contributed by atoms with Gasteiger partial charge in [-0.2, -0.15) is 16.7 Å². The number of nitrogens with zero attached hydrogens (tertiary/aromatic N) is 2. The highest BCUT2D eigenvalue weighted by Crippen LogP contribution is 2.16. The lowest BCUT2D eigenvalue weighted by Crippen LogP contribution is -2.32. The van der Waals surface area contributed by atoms with Crippen LogP contribution in [0.15, 0.2) is 4.79 Å². The third-order valence-electron chi connectivity index (χ3n) is 3.32. The summed E-state index contributed by atoms with van der Waals surface area (Å²) in [6, 6.07) is 0. The van der Waals surface area contributed by atoms with Crippen LogP contribution in [-0.4, -0.2) is 32.1 Å². The number of carboxylic acid groups (broad SMARTS) is 1. The number of aryl methyl sites for hydroxylation is 1. The zero-order chi connectivity index (χ0) is 15.3. The van der Waals surface area contributed by atoms with Crippen LogP contribution < -0.4 is 5.69 Å². The monoisotopic (exact) mass is 298 g/mol. The molecule has 5 nitrogen and oxygen atoms in total. The van der Waals surface area contributed by atoms with Gasteiger partial charge in [-0.15, -0.1) is 0 Å². The van der Waals surface area contributed by atoms with Crippen LogP contribution in [0, 0.1) is 0 Å². The van der Waals surface area contributed by atoms with Gasteiger partial charge in [0.1, 0.15) is 0 Å². The SMILES string of the molecule is CCc1nc(=O)n(CC(C)SC)c(CC)c1CC(=O)O. The second-order valence-electron chi connectivity index (χ2n) is 4.70. The third kappa shape index (κ3) is 3.85. The van der Waals surface area contributed by atoms with Crippen LogP contribution in [-0.2, 0) is 30.6 Å². The van der Waals surface area contributed by atoms with Gasteiger partial charge in [0.05, 0.1) is 12.1 Å². The van der Waals surface area contributed by atoms with Crippen molar-refractivity contribution in [2.45, 2.75) is 51.8 Å². The highest BCUT2D eigenvalue weighted by molar-refractivity contribution is 7.99. The zero-order valence-corrected chi connectivity index (χ0v) is 13.3. The average molecular weight is 298 g/mol. The highest BCUT2D eigenvalue weighted by Gasteiger charge is 2.18. The Morgan fingerprint density at radius 2 is 2.05 bits per heavy atom. The van der Waals surface area contributed by atoms with Gasteiger partial charge in [0.15, 0.2) is 0 Å². The normalized spacial score (nSPS) is 12.4. The molecule has 0 spiro atoms. The number of hydrogen-bond donors (Lipinski definition) is 1. The van der Waals surface area contributed by atoms with Gasteiger partial charge in [0, 0.05) is 23.1 Å². The van der Waals surface area contributed by atoms with Crippen molar-refractivity contribution in [3.05, 3.63) is 27.4 Å². The summed E-state index contributed by atoms with van der Waals surface area (Å²) in [7, 11) is 0. The molecule has 1 rings (SSSR count). The second-order valence-corrected chi connectivity index (χ2v) is 5.98. The highest BCUT2D eigenvalue weighted by atomic mass is 32.2. The van der Waals surface area contributed by atoms with E-state index in [1.165, 1.54) is 0 Å². The first-order valence-electron chi connectivity index (χ1n) is 6.80. The van der Waals surface area contributed by atoms with Crippen LogP contribution in [0.1, 0.15) is 37.7 Å². The fraction of sp³-hybridized carbons (Fsp3) is 0.643. The van der Waals surface area contributed by atoms with Crippen LogP contribution in [0.4, 0.5) is 0 Å². The largest absolute Gasteiger partial charge is 0.481 e. The molecule has 1 unspecified atom stereocenters. The number of aliphatic carboxylic acids is 1. The fourth-order valence-corrected chi connectivity index (χ4v) is 2.56. The molecule has 1 atom stereocenters. The van der Waals surface area contributed by atoms with Crippen molar-refractivity contribution in [2.75, 3.05) is 6.26 Å². The van der Waals surface area contributed by atoms with Crippen LogP contribution in [0.2, 0.25) is 0 Å². The molecular weight excluding hydrogens is 276 g/mol. The Bertz CT molecular complexity index is 540. The molecule has 0 aromatic carbocycles. The van der Waals surface area contributed by atoms with Crippen molar-refractivity contribution in [1.29, 1.82) is 0 Å². The Labute approximate surface area is 123 Å². The summed E-state index contributed by atoms with van der Waals surface area (Å²) < 4.78 is 1.64. The summed E-state index contributed by atoms with van der Waals surface area (Å²) in [6.45, 7) is 6.44. The minimum Gasteiger partial charge on any atom is -0.481 e. The first-order valence-corrected chi connectivity index (χ1v) is 8.09. The summed E-state index contributed by atoms with van der Waals surface area (Å²) in [5, 5.41) is 9.36. The molecule has 1 N–H and O–H groups in total. The van der Waals surface area contributed by atoms with Gasteiger partial charge in [0.25, 0.3) is 0 Å². The van der Waals surface area contributed by atoms with Crippen molar-refractivity contribution < 1.29 is 9.90 Å². The number of carbonyl (C=O) groups is 1. The van der Waals surface area contributed by atoms with Crippen molar-refractivity contribution in [1.82, 2.24) is 9.55 Å². The molecule has 0 amide bonds. The van der Waals surface area contributed by atoms with E-state index in [1.807, 2.05) is 27.0 Å². The molecule has 112 valence electrons. The van der Waals surface area contributed by atoms with Gasteiger partial charge in [-0.05, 0) is 19.1 Å². The minimum atomic E-state index is -0.890. The van der Waals surface area contributed by atoms with E-state index in [4.69, 9.17) is 5.11 Å². The lowest BCUT2D eigenvalue weighted by molar-refractivity contribution is -0.136. The Balaban J connectivity index is 3.43. The Hall–Kier alpha value is -1.30. The second kappa shape index (κ2) is 7.47. The molecule has 0 radical (unpaired) electrons. The molecule has 0 bridgehead atoms. The molecule has 1 aromatic heterocycles. The number of thioether (sulfide) groups is 1. The third-order valence-corrected chi connectivity index (χ3v) is 4.28. The molecule has 6 heteroatoms. The van der Waals surface area contributed by atoms with Crippen molar-refractivity contribution >= 4 is 17.7 Å². The van der Waals surface area contributed by atoms with Gasteiger partial charge in [-0.3, -0.25) is 9.36 Å². The smallest absolute Gasteiger partial charge is 0.348 e. The van der Waals surface area contributed by atoms with E-state index in [0.29, 0.717) is 30.6 Å². The molecule has 1 heterocycles. The summed E-state index contributed by atoms with van der Waals surface area (Å²) in [5.74, 6) is -0.890. The van der Waals surface area contributed by atoms with E-state index in [9.17, 15) is 9.59 Å². The number of rotatable bonds is 7. The molecule has 0 aliphatic carbocycles. The summed E-state index contributed by atoms with van der Waals surface area (Å²) in [4.78, 5) is 27.3. The van der Waals surface area contributed by atoms with Gasteiger partial charge in [-0.25, -0.2) is 4.79 Å². The van der Waals surface area contributed by atoms with Crippen LogP contribution >= 0.6 is 11.8 Å². The van der Waals surface area contributed by atoms with Gasteiger partial charge in [-0.1, -0.05) is 20.8 Å². The number of aromatic nitrogens is 2. The van der Waals surface area contributed by atoms with Gasteiger partial charge in [0.2, 0.25) is 0 Å². The lowest BCUT2D eigenvalue weighted by atomic mass is 10.0. The number of hydrogen-bond acceptors (Lipinski definition) is 4. The van der Waals surface area contributed by atoms with E-state index < -0.39 is 5.97 Å². The van der Waals surface area contributed by atoms with E-state index in [-0.39, 0.29) is 17.4 Å². The number of carboxylic acids is 1. The summed E-state index contributed by atoms with van der Waals surface area (Å²) >= 11 is 1.67. The van der Waals surface area contributed by atoms with Crippen LogP contribution in [0.3, 0.4) is 0 Å². The fourth-order valence-electron chi connectivity index (χ4n) is 2.26. The summed E-state index contributed by atoms with van der Waals surface area (Å²) in [5.41, 5.74) is 1.86. The molecule has 20 heavy (non-hydrogen) atoms. The minimum absolute atomic E-state index is 0.0761. The Morgan fingerprint density at radius 3 is 2.50 bits per heavy atom. The predicted octanol–water partition coefficient (Wildman–Crippen LogP) is 1.75. The van der Waals surface area contributed by atoms with E-state index in [1.54, 1.807) is 16.3 Å². The predicted molar refractivity (Wildman–Crippen MR) is 81.6 cm³/mol. The Kier molecular flexibility index (Phi) is 6.26. The molecular formula is C14H22N2O3S. The van der Waals surface area contributed by atoms with Gasteiger partial charge >= 0.3 is 11.7 Å². The quantitative estimate of drug-likeness (QED) is 0.830. The average Bonchev–Trinajstić information content (AvgIpc) is 2.41. The standard InChI is InChI=1S/C14H22N2O3S/c1-5-11-10(7-13(17)18)12(6-2)16(14(19)15-11)8-9(3)20-4/h9H,5-8H2,1-4H3,(H,17,18). The van der Waals surface area contributed by atoms with E-state index in [2.05, 4.69) is 4.98 Å². The summed E-state index contributed by atoms with van der Waals surface area (Å²) in [6.07, 6.45) is 3.12. The van der Waals surface area contributed by atoms with Crippen molar-refractivity contribution in [3.63, 3.8) is 0 Å². The van der Waals surface area contributed by atoms with Crippen LogP contribution in [0.25, 0.3) is 0 Å². The van der Waals surface area contributed by atoms with Crippen molar-refractivity contribution in [2.24, 2.45) is 0 Å². The molecule has 0 saturated heterocycles. The first kappa shape index (κ1) is 16.8. The van der Waals surface area contributed by atoms with Gasteiger partial charge < -0.3 is 5.11 Å². The topological polar surface area (TPSA) is 72.2 Å². The van der Waals surface area contributed by atoms with E-state index >= 15 is 0 Å². The maximum absolute atomic E-state index is 12.2.